The number of carbonyl (C=O) groups is 15. The van der Waals surface area contributed by atoms with Crippen LogP contribution >= 0.6 is 12.6 Å². The topological polar surface area (TPSA) is 609 Å². The van der Waals surface area contributed by atoms with Gasteiger partial charge in [-0.1, -0.05) is 68.4 Å². The van der Waals surface area contributed by atoms with Gasteiger partial charge in [0.25, 0.3) is 0 Å². The first-order valence-corrected chi connectivity index (χ1v) is 33.1. The number of hydrogen-bond acceptors (Lipinski definition) is 21. The zero-order valence-corrected chi connectivity index (χ0v) is 57.8. The number of aromatic hydroxyl groups is 2. The fourth-order valence-electron chi connectivity index (χ4n) is 10.5. The van der Waals surface area contributed by atoms with E-state index >= 15 is 0 Å². The first kappa shape index (κ1) is 84.3. The van der Waals surface area contributed by atoms with Gasteiger partial charge in [-0.2, -0.15) is 12.6 Å². The van der Waals surface area contributed by atoms with E-state index < -0.39 is 193 Å². The zero-order valence-electron chi connectivity index (χ0n) is 56.9. The normalized spacial score (nSPS) is 15.7. The van der Waals surface area contributed by atoms with E-state index in [-0.39, 0.29) is 81.4 Å². The van der Waals surface area contributed by atoms with Crippen LogP contribution in [0.2, 0.25) is 0 Å². The molecule has 0 unspecified atom stereocenters. The largest absolute Gasteiger partial charge is 0.508 e. The highest BCUT2D eigenvalue weighted by Crippen LogP contribution is 2.20. The Morgan fingerprint density at radius 3 is 1.51 bits per heavy atom. The van der Waals surface area contributed by atoms with E-state index in [9.17, 15) is 97.5 Å². The highest BCUT2D eigenvalue weighted by atomic mass is 32.1. The van der Waals surface area contributed by atoms with Gasteiger partial charge in [0, 0.05) is 39.3 Å². The molecule has 14 amide bonds. The van der Waals surface area contributed by atoms with Gasteiger partial charge < -0.3 is 112 Å². The number of aliphatic imine (C=N–C) groups is 1. The molecule has 0 bridgehead atoms. The number of aliphatic hydroxyl groups excluding tert-OH is 2. The summed E-state index contributed by atoms with van der Waals surface area (Å²) in [5.41, 5.74) is 23.0. The van der Waals surface area contributed by atoms with Crippen molar-refractivity contribution in [1.29, 1.82) is 0 Å². The molecule has 0 aromatic heterocycles. The summed E-state index contributed by atoms with van der Waals surface area (Å²) in [6.07, 6.45) is -1.57. The van der Waals surface area contributed by atoms with Crippen molar-refractivity contribution in [3.05, 3.63) is 95.6 Å². The summed E-state index contributed by atoms with van der Waals surface area (Å²) in [4.78, 5) is 207. The highest BCUT2D eigenvalue weighted by molar-refractivity contribution is 7.81. The number of aliphatic carboxylic acids is 1. The quantitative estimate of drug-likeness (QED) is 0.0109. The van der Waals surface area contributed by atoms with Gasteiger partial charge in [-0.25, -0.2) is 0 Å². The van der Waals surface area contributed by atoms with Crippen molar-refractivity contribution < 1.29 is 97.5 Å². The van der Waals surface area contributed by atoms with Gasteiger partial charge >= 0.3 is 5.97 Å². The molecule has 1 saturated heterocycles. The van der Waals surface area contributed by atoms with E-state index in [1.165, 1.54) is 74.5 Å². The number of likely N-dealkylation sites (tertiary alicyclic amines) is 1. The van der Waals surface area contributed by atoms with Crippen molar-refractivity contribution in [1.82, 2.24) is 63.4 Å². The highest BCUT2D eigenvalue weighted by Gasteiger charge is 2.42. The first-order valence-electron chi connectivity index (χ1n) is 32.5. The van der Waals surface area contributed by atoms with Crippen LogP contribution in [0, 0.1) is 5.92 Å². The van der Waals surface area contributed by atoms with Crippen LogP contribution in [0.15, 0.2) is 83.9 Å². The predicted molar refractivity (Wildman–Crippen MR) is 369 cm³/mol. The third-order valence-corrected chi connectivity index (χ3v) is 16.3. The van der Waals surface area contributed by atoms with Gasteiger partial charge in [-0.15, -0.1) is 0 Å². The lowest BCUT2D eigenvalue weighted by Crippen LogP contribution is -2.63. The van der Waals surface area contributed by atoms with Crippen LogP contribution < -0.4 is 81.4 Å². The monoisotopic (exact) mass is 1460 g/mol. The second-order valence-corrected chi connectivity index (χ2v) is 25.2. The van der Waals surface area contributed by atoms with Gasteiger partial charge in [0.15, 0.2) is 5.96 Å². The Labute approximate surface area is 596 Å². The molecule has 103 heavy (non-hydrogen) atoms. The average molecular weight is 1460 g/mol. The van der Waals surface area contributed by atoms with Gasteiger partial charge in [-0.05, 0) is 85.9 Å². The number of thiol groups is 1. The minimum Gasteiger partial charge on any atom is -0.508 e. The molecule has 0 saturated carbocycles. The molecule has 37 nitrogen and oxygen atoms in total. The predicted octanol–water partition coefficient (Wildman–Crippen LogP) is -7.05. The van der Waals surface area contributed by atoms with Gasteiger partial charge in [0.1, 0.15) is 83.2 Å². The van der Waals surface area contributed by atoms with Crippen LogP contribution in [0.4, 0.5) is 0 Å². The number of guanidine groups is 1. The van der Waals surface area contributed by atoms with Crippen LogP contribution in [0.1, 0.15) is 82.9 Å². The van der Waals surface area contributed by atoms with Crippen molar-refractivity contribution >= 4 is 107 Å². The molecule has 0 radical (unpaired) electrons. The maximum Gasteiger partial charge on any atom is 0.319 e. The molecule has 38 heteroatoms. The van der Waals surface area contributed by atoms with Gasteiger partial charge in [0.05, 0.1) is 26.2 Å². The fraction of sp³-hybridized carbons (Fsp3) is 0.477. The van der Waals surface area contributed by atoms with Crippen molar-refractivity contribution in [3.63, 3.8) is 0 Å². The molecule has 24 N–H and O–H groups in total. The molecule has 1 aliphatic heterocycles. The van der Waals surface area contributed by atoms with Crippen LogP contribution in [0.25, 0.3) is 0 Å². The van der Waals surface area contributed by atoms with Crippen molar-refractivity contribution in [2.45, 2.75) is 157 Å². The number of nitrogens with zero attached hydrogens (tertiary/aromatic N) is 2. The Bertz CT molecular complexity index is 3530. The lowest BCUT2D eigenvalue weighted by molar-refractivity contribution is -0.144. The average Bonchev–Trinajstić information content (AvgIpc) is 1.81. The maximum atomic E-state index is 14.5. The molecule has 1 aliphatic rings. The van der Waals surface area contributed by atoms with Gasteiger partial charge in [-0.3, -0.25) is 76.9 Å². The first-order chi connectivity index (χ1) is 48.6. The number of rotatable bonds is 41. The van der Waals surface area contributed by atoms with Crippen molar-refractivity contribution in [3.8, 4) is 11.5 Å². The summed E-state index contributed by atoms with van der Waals surface area (Å²) < 4.78 is 0. The van der Waals surface area contributed by atoms with E-state index in [1.807, 2.05) is 13.8 Å². The Kier molecular flexibility index (Phi) is 34.0. The number of hydrogen-bond donors (Lipinski definition) is 21. The number of phenols is 2. The van der Waals surface area contributed by atoms with Crippen LogP contribution in [-0.2, 0) is 91.2 Å². The summed E-state index contributed by atoms with van der Waals surface area (Å²) >= 11 is 4.04. The SMILES string of the molecule is CC(=O)N[C@@H](CC(C)C)C(=O)N[C@@H](Cc1ccc(O)cc1)C(=O)N[C@@H](CCCN=C(N)N)C(=O)N[C@@H](C)C(=O)N[C@@H](CC(N)=O)C(=O)N[C@@H](Cc1ccccc1)C(=O)N[C@H](C(=O)N[C@@H](CO)C(=O)N1CCC[C@H]1C(=O)NCC(=O)N[C@@H](Cc1ccc(O)cc1)C(=O)N[C@@H](CO)C(N)=O)[C@@H](S)C(=O)O. The fourth-order valence-corrected chi connectivity index (χ4v) is 10.7. The molecule has 562 valence electrons. The maximum absolute atomic E-state index is 14.5. The van der Waals surface area contributed by atoms with E-state index in [4.69, 9.17) is 22.9 Å². The third kappa shape index (κ3) is 28.4. The summed E-state index contributed by atoms with van der Waals surface area (Å²) in [7, 11) is 0. The molecule has 4 rings (SSSR count). The number of nitrogens with two attached hydrogens (primary N) is 4. The van der Waals surface area contributed by atoms with Crippen molar-refractivity contribution in [2.24, 2.45) is 33.8 Å². The number of phenolic OH excluding ortho intramolecular Hbond substituents is 2. The summed E-state index contributed by atoms with van der Waals surface area (Å²) in [5.74, 6) is -16.8. The molecule has 1 fully saturated rings. The number of benzene rings is 3. The molecule has 0 spiro atoms. The minimum absolute atomic E-state index is 0.0118. The smallest absolute Gasteiger partial charge is 0.319 e. The van der Waals surface area contributed by atoms with E-state index in [0.29, 0.717) is 16.7 Å². The van der Waals surface area contributed by atoms with E-state index in [0.717, 1.165) is 4.90 Å². The Hall–Kier alpha value is -11.2. The zero-order chi connectivity index (χ0) is 76.8. The number of amides is 14. The lowest BCUT2D eigenvalue weighted by atomic mass is 10.0. The summed E-state index contributed by atoms with van der Waals surface area (Å²) in [6, 6.07) is 1.08. The third-order valence-electron chi connectivity index (χ3n) is 15.8. The van der Waals surface area contributed by atoms with E-state index in [1.54, 1.807) is 18.2 Å². The number of aliphatic hydroxyl groups is 2. The Balaban J connectivity index is 1.53. The molecule has 1 heterocycles. The van der Waals surface area contributed by atoms with Crippen LogP contribution in [0.5, 0.6) is 11.5 Å². The number of carbonyl (C=O) groups excluding carboxylic acids is 14. The molecule has 0 aliphatic carbocycles. The summed E-state index contributed by atoms with van der Waals surface area (Å²) in [5, 5.41) is 74.0. The lowest BCUT2D eigenvalue weighted by Gasteiger charge is -2.30. The second kappa shape index (κ2) is 41.6. The van der Waals surface area contributed by atoms with E-state index in [2.05, 4.69) is 76.1 Å². The molecular formula is C65H91N17O20S. The standard InChI is InChI=1S/C65H91N17O20S/c1-32(2)24-41(73-34(4)85)56(93)77-43(27-37-16-20-39(87)21-17-37)58(95)75-40(12-8-22-70-65(68)69)55(92)72-33(3)54(91)76-45(28-49(66)88)59(96)78-44(25-35-10-6-5-7-11-35)60(97)81-51(52(103)64(101)102)62(99)80-47(31-84)63(100)82-23-9-13-48(82)61(98)71-29-50(89)74-42(26-36-14-18-38(86)19-15-36)57(94)79-46(30-83)53(67)90/h5-7,10-11,14-21,32-33,40-48,51-52,83-84,86-87,103H,8-9,12-13,22-31H2,1-4H3,(H2,66,88)(H2,67,90)(H,71,98)(H,72,92)(H,73,85)(H,74,89)(H,75,95)(H,76,91)(H,77,93)(H,78,96)(H,79,94)(H,80,99)(H,81,97)(H,101,102)(H4,68,69,70)/t33-,40-,41-,42-,43-,44-,45-,46-,47-,48-,51-,52+/m0/s1. The number of primary amides is 2. The Morgan fingerprint density at radius 2 is 1.02 bits per heavy atom. The number of carboxylic acids is 1. The summed E-state index contributed by atoms with van der Waals surface area (Å²) in [6.45, 7) is 2.96. The number of nitrogens with one attached hydrogen (secondary N) is 11. The van der Waals surface area contributed by atoms with Gasteiger partial charge in [0.2, 0.25) is 82.7 Å². The number of carboxylic acid groups (broad SMARTS) is 1. The second-order valence-electron chi connectivity index (χ2n) is 24.6. The molecule has 12 atom stereocenters. The van der Waals surface area contributed by atoms with Crippen LogP contribution in [-0.4, -0.2) is 230 Å². The molecule has 3 aromatic rings. The molecule has 3 aromatic carbocycles. The van der Waals surface area contributed by atoms with Crippen LogP contribution in [0.3, 0.4) is 0 Å². The molecular weight excluding hydrogens is 1370 g/mol. The van der Waals surface area contributed by atoms with Crippen molar-refractivity contribution in [2.75, 3.05) is 32.8 Å². The minimum atomic E-state index is -2.24. The Morgan fingerprint density at radius 1 is 0.553 bits per heavy atom.